The van der Waals surface area contributed by atoms with Crippen LogP contribution >= 0.6 is 0 Å². The number of carbonyl (C=O) groups excluding carboxylic acids is 1. The van der Waals surface area contributed by atoms with Gasteiger partial charge < -0.3 is 14.4 Å². The second-order valence-corrected chi connectivity index (χ2v) is 8.18. The van der Waals surface area contributed by atoms with Crippen molar-refractivity contribution in [1.29, 1.82) is 0 Å². The number of nitrogens with one attached hydrogen (secondary N) is 1. The molecule has 3 rings (SSSR count). The highest BCUT2D eigenvalue weighted by Crippen LogP contribution is 2.35. The van der Waals surface area contributed by atoms with Crippen molar-refractivity contribution in [2.75, 3.05) is 29.9 Å². The van der Waals surface area contributed by atoms with Gasteiger partial charge in [-0.15, -0.1) is 0 Å². The number of anilines is 2. The number of methoxy groups -OCH3 is 1. The second-order valence-electron chi connectivity index (χ2n) is 6.52. The normalized spacial score (nSPS) is 14.2. The van der Waals surface area contributed by atoms with Crippen LogP contribution in [-0.2, 0) is 14.8 Å². The first-order valence-electron chi connectivity index (χ1n) is 9.10. The molecule has 1 amide bonds. The Bertz CT molecular complexity index is 988. The molecule has 1 saturated heterocycles. The molecule has 1 aliphatic heterocycles. The summed E-state index contributed by atoms with van der Waals surface area (Å²) in [5.41, 5.74) is 1.79. The largest absolute Gasteiger partial charge is 0.494 e. The summed E-state index contributed by atoms with van der Waals surface area (Å²) in [6.07, 6.45) is 1.30. The van der Waals surface area contributed by atoms with Crippen molar-refractivity contribution in [1.82, 2.24) is 0 Å². The SMILES string of the molecule is CCOc1ccc(C)cc1S(=O)(=O)Nc1ccc(N2CCCC2=O)c(OC)c1. The molecule has 28 heavy (non-hydrogen) atoms. The van der Waals surface area contributed by atoms with Gasteiger partial charge >= 0.3 is 0 Å². The summed E-state index contributed by atoms with van der Waals surface area (Å²) in [7, 11) is -2.38. The maximum Gasteiger partial charge on any atom is 0.265 e. The smallest absolute Gasteiger partial charge is 0.265 e. The monoisotopic (exact) mass is 404 g/mol. The van der Waals surface area contributed by atoms with Crippen molar-refractivity contribution in [3.05, 3.63) is 42.0 Å². The van der Waals surface area contributed by atoms with Crippen molar-refractivity contribution in [2.45, 2.75) is 31.6 Å². The molecule has 1 heterocycles. The van der Waals surface area contributed by atoms with E-state index in [-0.39, 0.29) is 10.8 Å². The van der Waals surface area contributed by atoms with Gasteiger partial charge in [-0.1, -0.05) is 6.07 Å². The van der Waals surface area contributed by atoms with Gasteiger partial charge in [0.25, 0.3) is 10.0 Å². The van der Waals surface area contributed by atoms with Crippen LogP contribution in [0.3, 0.4) is 0 Å². The highest BCUT2D eigenvalue weighted by atomic mass is 32.2. The molecule has 1 fully saturated rings. The summed E-state index contributed by atoms with van der Waals surface area (Å²) in [6.45, 7) is 4.60. The lowest BCUT2D eigenvalue weighted by molar-refractivity contribution is -0.117. The fourth-order valence-corrected chi connectivity index (χ4v) is 4.46. The molecule has 8 heteroatoms. The third-order valence-corrected chi connectivity index (χ3v) is 5.89. The molecule has 1 aliphatic rings. The molecule has 0 spiro atoms. The standard InChI is InChI=1S/C20H24N2O5S/c1-4-27-17-10-7-14(2)12-19(17)28(24,25)21-15-8-9-16(18(13-15)26-3)22-11-5-6-20(22)23/h7-10,12-13,21H,4-6,11H2,1-3H3. The van der Waals surface area contributed by atoms with Crippen molar-refractivity contribution in [2.24, 2.45) is 0 Å². The first-order valence-corrected chi connectivity index (χ1v) is 10.6. The number of aryl methyl sites for hydroxylation is 1. The number of sulfonamides is 1. The van der Waals surface area contributed by atoms with Gasteiger partial charge in [0.15, 0.2) is 0 Å². The molecule has 0 saturated carbocycles. The highest BCUT2D eigenvalue weighted by Gasteiger charge is 2.25. The lowest BCUT2D eigenvalue weighted by Crippen LogP contribution is -2.24. The van der Waals surface area contributed by atoms with Crippen molar-refractivity contribution >= 4 is 27.3 Å². The predicted octanol–water partition coefficient (Wildman–Crippen LogP) is 3.33. The molecule has 0 bridgehead atoms. The van der Waals surface area contributed by atoms with Crippen LogP contribution in [0.4, 0.5) is 11.4 Å². The number of ether oxygens (including phenoxy) is 2. The maximum atomic E-state index is 12.9. The van der Waals surface area contributed by atoms with Crippen LogP contribution in [0.2, 0.25) is 0 Å². The van der Waals surface area contributed by atoms with E-state index in [1.807, 2.05) is 6.92 Å². The van der Waals surface area contributed by atoms with E-state index in [9.17, 15) is 13.2 Å². The Balaban J connectivity index is 1.93. The number of amides is 1. The zero-order chi connectivity index (χ0) is 20.3. The quantitative estimate of drug-likeness (QED) is 0.765. The highest BCUT2D eigenvalue weighted by molar-refractivity contribution is 7.92. The Labute approximate surface area is 165 Å². The Morgan fingerprint density at radius 2 is 1.93 bits per heavy atom. The summed E-state index contributed by atoms with van der Waals surface area (Å²) < 4.78 is 39.3. The molecule has 1 N–H and O–H groups in total. The Hall–Kier alpha value is -2.74. The number of carbonyl (C=O) groups is 1. The minimum absolute atomic E-state index is 0.0350. The maximum absolute atomic E-state index is 12.9. The minimum atomic E-state index is -3.87. The summed E-state index contributed by atoms with van der Waals surface area (Å²) in [5, 5.41) is 0. The van der Waals surface area contributed by atoms with Gasteiger partial charge in [0, 0.05) is 19.0 Å². The van der Waals surface area contributed by atoms with E-state index in [4.69, 9.17) is 9.47 Å². The van der Waals surface area contributed by atoms with E-state index in [2.05, 4.69) is 4.72 Å². The Morgan fingerprint density at radius 1 is 1.14 bits per heavy atom. The van der Waals surface area contributed by atoms with Crippen LogP contribution in [0.15, 0.2) is 41.3 Å². The number of hydrogen-bond donors (Lipinski definition) is 1. The van der Waals surface area contributed by atoms with Crippen LogP contribution in [0, 0.1) is 6.92 Å². The number of hydrogen-bond acceptors (Lipinski definition) is 5. The average Bonchev–Trinajstić information content (AvgIpc) is 3.08. The van der Waals surface area contributed by atoms with Gasteiger partial charge in [0.05, 0.1) is 25.1 Å². The van der Waals surface area contributed by atoms with Gasteiger partial charge in [-0.2, -0.15) is 0 Å². The Kier molecular flexibility index (Phi) is 5.79. The van der Waals surface area contributed by atoms with Gasteiger partial charge in [-0.05, 0) is 50.1 Å². The van der Waals surface area contributed by atoms with E-state index in [0.29, 0.717) is 42.4 Å². The van der Waals surface area contributed by atoms with E-state index < -0.39 is 10.0 Å². The first-order chi connectivity index (χ1) is 13.4. The minimum Gasteiger partial charge on any atom is -0.494 e. The third-order valence-electron chi connectivity index (χ3n) is 4.48. The topological polar surface area (TPSA) is 84.9 Å². The van der Waals surface area contributed by atoms with Crippen LogP contribution < -0.4 is 19.1 Å². The summed E-state index contributed by atoms with van der Waals surface area (Å²) in [6, 6.07) is 9.91. The summed E-state index contributed by atoms with van der Waals surface area (Å²) >= 11 is 0. The number of benzene rings is 2. The molecule has 0 radical (unpaired) electrons. The van der Waals surface area contributed by atoms with Crippen molar-refractivity contribution in [3.63, 3.8) is 0 Å². The Morgan fingerprint density at radius 3 is 2.57 bits per heavy atom. The zero-order valence-corrected chi connectivity index (χ0v) is 17.0. The second kappa shape index (κ2) is 8.10. The van der Waals surface area contributed by atoms with E-state index >= 15 is 0 Å². The van der Waals surface area contributed by atoms with E-state index in [1.165, 1.54) is 7.11 Å². The molecule has 0 atom stereocenters. The van der Waals surface area contributed by atoms with Gasteiger partial charge in [0.1, 0.15) is 16.4 Å². The first kappa shape index (κ1) is 20.0. The zero-order valence-electron chi connectivity index (χ0n) is 16.2. The average molecular weight is 404 g/mol. The summed E-state index contributed by atoms with van der Waals surface area (Å²) in [5.74, 6) is 0.768. The fourth-order valence-electron chi connectivity index (χ4n) is 3.18. The van der Waals surface area contributed by atoms with Crippen LogP contribution in [0.1, 0.15) is 25.3 Å². The van der Waals surface area contributed by atoms with E-state index in [0.717, 1.165) is 12.0 Å². The van der Waals surface area contributed by atoms with Crippen LogP contribution in [0.5, 0.6) is 11.5 Å². The van der Waals surface area contributed by atoms with Gasteiger partial charge in [0.2, 0.25) is 5.91 Å². The number of rotatable bonds is 7. The molecule has 0 aromatic heterocycles. The molecule has 2 aromatic rings. The van der Waals surface area contributed by atoms with Crippen LogP contribution in [0.25, 0.3) is 0 Å². The molecule has 0 unspecified atom stereocenters. The van der Waals surface area contributed by atoms with Crippen LogP contribution in [-0.4, -0.2) is 34.6 Å². The molecule has 0 aliphatic carbocycles. The molecular formula is C20H24N2O5S. The van der Waals surface area contributed by atoms with Crippen molar-refractivity contribution in [3.8, 4) is 11.5 Å². The lowest BCUT2D eigenvalue weighted by Gasteiger charge is -2.20. The molecular weight excluding hydrogens is 380 g/mol. The molecule has 7 nitrogen and oxygen atoms in total. The molecule has 150 valence electrons. The van der Waals surface area contributed by atoms with Crippen molar-refractivity contribution < 1.29 is 22.7 Å². The van der Waals surface area contributed by atoms with Gasteiger partial charge in [-0.25, -0.2) is 8.42 Å². The van der Waals surface area contributed by atoms with E-state index in [1.54, 1.807) is 48.2 Å². The predicted molar refractivity (Wildman–Crippen MR) is 108 cm³/mol. The fraction of sp³-hybridized carbons (Fsp3) is 0.350. The number of nitrogens with zero attached hydrogens (tertiary/aromatic N) is 1. The van der Waals surface area contributed by atoms with Gasteiger partial charge in [-0.3, -0.25) is 9.52 Å². The third kappa shape index (κ3) is 4.06. The summed E-state index contributed by atoms with van der Waals surface area (Å²) in [4.78, 5) is 13.8. The molecule has 2 aromatic carbocycles. The lowest BCUT2D eigenvalue weighted by atomic mass is 10.2.